The van der Waals surface area contributed by atoms with Gasteiger partial charge in [-0.2, -0.15) is 11.3 Å². The predicted molar refractivity (Wildman–Crippen MR) is 129 cm³/mol. The molecule has 4 aromatic rings. The zero-order valence-electron chi connectivity index (χ0n) is 17.3. The van der Waals surface area contributed by atoms with Crippen LogP contribution in [0.25, 0.3) is 0 Å². The predicted octanol–water partition coefficient (Wildman–Crippen LogP) is 4.75. The number of nitrogens with one attached hydrogen (secondary N) is 1. The van der Waals surface area contributed by atoms with Crippen LogP contribution in [0, 0.1) is 0 Å². The van der Waals surface area contributed by atoms with Gasteiger partial charge in [0, 0.05) is 23.1 Å². The fourth-order valence-electron chi connectivity index (χ4n) is 3.22. The number of amides is 2. The molecule has 160 valence electrons. The summed E-state index contributed by atoms with van der Waals surface area (Å²) < 4.78 is 0. The summed E-state index contributed by atoms with van der Waals surface area (Å²) in [6, 6.07) is 21.8. The third-order valence-electron chi connectivity index (χ3n) is 4.90. The fraction of sp³-hybridized carbons (Fsp3) is 0.0800. The molecule has 0 saturated carbocycles. The van der Waals surface area contributed by atoms with Crippen LogP contribution < -0.4 is 16.0 Å². The lowest BCUT2D eigenvalue weighted by Crippen LogP contribution is -2.31. The third kappa shape index (κ3) is 5.39. The van der Waals surface area contributed by atoms with Crippen LogP contribution in [0.5, 0.6) is 0 Å². The average Bonchev–Trinajstić information content (AvgIpc) is 3.33. The number of rotatable bonds is 7. The van der Waals surface area contributed by atoms with Gasteiger partial charge in [0.15, 0.2) is 0 Å². The van der Waals surface area contributed by atoms with Gasteiger partial charge in [-0.15, -0.1) is 0 Å². The Labute approximate surface area is 190 Å². The van der Waals surface area contributed by atoms with Crippen molar-refractivity contribution >= 4 is 40.3 Å². The number of hydrogen-bond donors (Lipinski definition) is 2. The molecule has 0 bridgehead atoms. The second kappa shape index (κ2) is 9.89. The van der Waals surface area contributed by atoms with Crippen LogP contribution in [-0.4, -0.2) is 16.8 Å². The number of hydrogen-bond acceptors (Lipinski definition) is 5. The molecule has 0 unspecified atom stereocenters. The fourth-order valence-corrected chi connectivity index (χ4v) is 3.88. The van der Waals surface area contributed by atoms with Crippen molar-refractivity contribution in [1.82, 2.24) is 4.98 Å². The van der Waals surface area contributed by atoms with Crippen LogP contribution in [-0.2, 0) is 17.8 Å². The summed E-state index contributed by atoms with van der Waals surface area (Å²) in [5.41, 5.74) is 9.50. The van der Waals surface area contributed by atoms with E-state index in [1.54, 1.807) is 52.8 Å². The second-order valence-corrected chi connectivity index (χ2v) is 8.03. The van der Waals surface area contributed by atoms with Gasteiger partial charge in [0.05, 0.1) is 13.0 Å². The first-order valence-electron chi connectivity index (χ1n) is 10.1. The number of carbonyl (C=O) groups excluding carboxylic acids is 2. The molecule has 2 aromatic heterocycles. The molecule has 0 aliphatic rings. The van der Waals surface area contributed by atoms with E-state index in [0.717, 1.165) is 16.8 Å². The third-order valence-corrected chi connectivity index (χ3v) is 5.63. The Morgan fingerprint density at radius 1 is 0.938 bits per heavy atom. The summed E-state index contributed by atoms with van der Waals surface area (Å²) in [7, 11) is 0. The van der Waals surface area contributed by atoms with Crippen LogP contribution in [0.15, 0.2) is 89.8 Å². The Morgan fingerprint density at radius 2 is 1.72 bits per heavy atom. The maximum absolute atomic E-state index is 13.2. The Bertz CT molecular complexity index is 1180. The molecule has 7 heteroatoms. The summed E-state index contributed by atoms with van der Waals surface area (Å²) in [4.78, 5) is 31.4. The highest BCUT2D eigenvalue weighted by Crippen LogP contribution is 2.23. The number of anilines is 3. The molecule has 32 heavy (non-hydrogen) atoms. The first-order valence-corrected chi connectivity index (χ1v) is 11.0. The number of benzene rings is 2. The van der Waals surface area contributed by atoms with Gasteiger partial charge in [0.25, 0.3) is 5.91 Å². The van der Waals surface area contributed by atoms with Crippen molar-refractivity contribution < 1.29 is 9.59 Å². The number of aromatic nitrogens is 1. The lowest BCUT2D eigenvalue weighted by atomic mass is 10.1. The Morgan fingerprint density at radius 3 is 2.38 bits per heavy atom. The highest BCUT2D eigenvalue weighted by molar-refractivity contribution is 7.07. The van der Waals surface area contributed by atoms with E-state index in [0.29, 0.717) is 23.6 Å². The molecule has 0 saturated heterocycles. The van der Waals surface area contributed by atoms with E-state index in [1.807, 2.05) is 53.2 Å². The minimum absolute atomic E-state index is 0.0520. The molecule has 4 rings (SSSR count). The largest absolute Gasteiger partial charge is 0.384 e. The normalized spacial score (nSPS) is 10.5. The van der Waals surface area contributed by atoms with Crippen LogP contribution >= 0.6 is 11.3 Å². The SMILES string of the molecule is Nc1ccc(CC(=O)N(Cc2ccsc2)c2ccc(NC(=O)c3ccccc3)cc2)cn1. The molecular weight excluding hydrogens is 420 g/mol. The van der Waals surface area contributed by atoms with Gasteiger partial charge in [-0.1, -0.05) is 24.3 Å². The maximum Gasteiger partial charge on any atom is 0.255 e. The van der Waals surface area contributed by atoms with Gasteiger partial charge in [-0.05, 0) is 70.4 Å². The van der Waals surface area contributed by atoms with Crippen LogP contribution in [0.4, 0.5) is 17.2 Å². The van der Waals surface area contributed by atoms with E-state index in [4.69, 9.17) is 5.73 Å². The Hall–Kier alpha value is -3.97. The van der Waals surface area contributed by atoms with E-state index >= 15 is 0 Å². The summed E-state index contributed by atoms with van der Waals surface area (Å²) in [5, 5.41) is 6.90. The Kier molecular flexibility index (Phi) is 6.57. The van der Waals surface area contributed by atoms with Crippen molar-refractivity contribution in [3.63, 3.8) is 0 Å². The lowest BCUT2D eigenvalue weighted by Gasteiger charge is -2.23. The number of nitrogens with zero attached hydrogens (tertiary/aromatic N) is 2. The first-order chi connectivity index (χ1) is 15.6. The zero-order chi connectivity index (χ0) is 22.3. The number of carbonyl (C=O) groups is 2. The molecule has 6 nitrogen and oxygen atoms in total. The van der Waals surface area contributed by atoms with Gasteiger partial charge in [0.1, 0.15) is 5.82 Å². The van der Waals surface area contributed by atoms with Gasteiger partial charge in [-0.25, -0.2) is 4.98 Å². The highest BCUT2D eigenvalue weighted by atomic mass is 32.1. The smallest absolute Gasteiger partial charge is 0.255 e. The molecular formula is C25H22N4O2S. The monoisotopic (exact) mass is 442 g/mol. The van der Waals surface area contributed by atoms with Crippen molar-refractivity contribution in [3.05, 3.63) is 106 Å². The van der Waals surface area contributed by atoms with Gasteiger partial charge < -0.3 is 16.0 Å². The molecule has 0 spiro atoms. The van der Waals surface area contributed by atoms with Crippen LogP contribution in [0.2, 0.25) is 0 Å². The van der Waals surface area contributed by atoms with E-state index in [-0.39, 0.29) is 18.2 Å². The molecule has 0 aliphatic heterocycles. The topological polar surface area (TPSA) is 88.3 Å². The number of nitrogen functional groups attached to an aromatic ring is 1. The van der Waals surface area contributed by atoms with Crippen LogP contribution in [0.1, 0.15) is 21.5 Å². The van der Waals surface area contributed by atoms with Gasteiger partial charge >= 0.3 is 0 Å². The minimum atomic E-state index is -0.180. The molecule has 0 radical (unpaired) electrons. The van der Waals surface area contributed by atoms with Crippen molar-refractivity contribution in [2.75, 3.05) is 16.0 Å². The molecule has 0 atom stereocenters. The summed E-state index contributed by atoms with van der Waals surface area (Å²) >= 11 is 1.59. The molecule has 2 heterocycles. The first kappa shape index (κ1) is 21.3. The van der Waals surface area contributed by atoms with E-state index in [2.05, 4.69) is 10.3 Å². The van der Waals surface area contributed by atoms with Crippen molar-refractivity contribution in [2.24, 2.45) is 0 Å². The number of nitrogens with two attached hydrogens (primary N) is 1. The van der Waals surface area contributed by atoms with E-state index < -0.39 is 0 Å². The van der Waals surface area contributed by atoms with E-state index in [9.17, 15) is 9.59 Å². The molecule has 2 amide bonds. The van der Waals surface area contributed by atoms with Crippen molar-refractivity contribution in [1.29, 1.82) is 0 Å². The second-order valence-electron chi connectivity index (χ2n) is 7.25. The van der Waals surface area contributed by atoms with Crippen molar-refractivity contribution in [2.45, 2.75) is 13.0 Å². The molecule has 0 fully saturated rings. The van der Waals surface area contributed by atoms with Crippen LogP contribution in [0.3, 0.4) is 0 Å². The van der Waals surface area contributed by atoms with Crippen molar-refractivity contribution in [3.8, 4) is 0 Å². The standard InChI is InChI=1S/C25H22N4O2S/c26-23-11-6-18(15-27-23)14-24(30)29(16-19-12-13-32-17-19)22-9-7-21(8-10-22)28-25(31)20-4-2-1-3-5-20/h1-13,15,17H,14,16H2,(H2,26,27)(H,28,31). The summed E-state index contributed by atoms with van der Waals surface area (Å²) in [6.07, 6.45) is 1.84. The molecule has 3 N–H and O–H groups in total. The maximum atomic E-state index is 13.2. The quantitative estimate of drug-likeness (QED) is 0.432. The number of thiophene rings is 1. The minimum Gasteiger partial charge on any atom is -0.384 e. The molecule has 2 aromatic carbocycles. The summed E-state index contributed by atoms with van der Waals surface area (Å²) in [6.45, 7) is 0.459. The summed E-state index contributed by atoms with van der Waals surface area (Å²) in [5.74, 6) is 0.189. The van der Waals surface area contributed by atoms with E-state index in [1.165, 1.54) is 0 Å². The zero-order valence-corrected chi connectivity index (χ0v) is 18.1. The highest BCUT2D eigenvalue weighted by Gasteiger charge is 2.18. The Balaban J connectivity index is 1.51. The van der Waals surface area contributed by atoms with Gasteiger partial charge in [-0.3, -0.25) is 9.59 Å². The average molecular weight is 443 g/mol. The number of pyridine rings is 1. The van der Waals surface area contributed by atoms with Gasteiger partial charge in [0.2, 0.25) is 5.91 Å². The molecule has 0 aliphatic carbocycles. The lowest BCUT2D eigenvalue weighted by molar-refractivity contribution is -0.118.